The number of anilines is 1. The predicted octanol–water partition coefficient (Wildman–Crippen LogP) is 2.42. The standard InChI is InChI=1S/C18H24N2O4/c1-4-5-12(2)19(3)18(22)13-8-17(21)20(10-13)14-6-7-15-16(9-14)24-11-23-15/h6-7,9,12-13H,4-5,8,10-11H2,1-3H3/t12-,13+/m0/s1. The third kappa shape index (κ3) is 3.05. The summed E-state index contributed by atoms with van der Waals surface area (Å²) in [7, 11) is 1.83. The van der Waals surface area contributed by atoms with Crippen LogP contribution in [0.25, 0.3) is 0 Å². The van der Waals surface area contributed by atoms with Crippen LogP contribution in [0, 0.1) is 5.92 Å². The summed E-state index contributed by atoms with van der Waals surface area (Å²) in [6.45, 7) is 4.78. The molecule has 2 aliphatic heterocycles. The van der Waals surface area contributed by atoms with E-state index in [0.717, 1.165) is 18.5 Å². The van der Waals surface area contributed by atoms with Gasteiger partial charge in [-0.25, -0.2) is 0 Å². The fourth-order valence-corrected chi connectivity index (χ4v) is 3.29. The van der Waals surface area contributed by atoms with Gasteiger partial charge >= 0.3 is 0 Å². The van der Waals surface area contributed by atoms with Crippen molar-refractivity contribution in [2.75, 3.05) is 25.3 Å². The molecule has 6 heteroatoms. The van der Waals surface area contributed by atoms with Crippen molar-refractivity contribution in [2.45, 2.75) is 39.2 Å². The average Bonchev–Trinajstić information content (AvgIpc) is 3.19. The molecule has 2 heterocycles. The van der Waals surface area contributed by atoms with E-state index < -0.39 is 0 Å². The lowest BCUT2D eigenvalue weighted by Crippen LogP contribution is -2.40. The molecule has 0 unspecified atom stereocenters. The molecule has 0 N–H and O–H groups in total. The average molecular weight is 332 g/mol. The van der Waals surface area contributed by atoms with Crippen molar-refractivity contribution in [1.82, 2.24) is 4.90 Å². The summed E-state index contributed by atoms with van der Waals surface area (Å²) in [4.78, 5) is 28.5. The highest BCUT2D eigenvalue weighted by atomic mass is 16.7. The maximum Gasteiger partial charge on any atom is 0.231 e. The molecule has 2 atom stereocenters. The van der Waals surface area contributed by atoms with Crippen LogP contribution >= 0.6 is 0 Å². The molecule has 0 radical (unpaired) electrons. The highest BCUT2D eigenvalue weighted by Crippen LogP contribution is 2.37. The zero-order valence-corrected chi connectivity index (χ0v) is 14.4. The van der Waals surface area contributed by atoms with Gasteiger partial charge in [-0.1, -0.05) is 13.3 Å². The van der Waals surface area contributed by atoms with Gasteiger partial charge in [-0.2, -0.15) is 0 Å². The lowest BCUT2D eigenvalue weighted by atomic mass is 10.1. The van der Waals surface area contributed by atoms with Crippen molar-refractivity contribution < 1.29 is 19.1 Å². The molecule has 2 aliphatic rings. The Morgan fingerprint density at radius 3 is 2.88 bits per heavy atom. The Bertz CT molecular complexity index is 646. The molecule has 0 aromatic heterocycles. The fourth-order valence-electron chi connectivity index (χ4n) is 3.29. The maximum atomic E-state index is 12.7. The first-order valence-corrected chi connectivity index (χ1v) is 8.48. The van der Waals surface area contributed by atoms with E-state index in [-0.39, 0.29) is 37.0 Å². The number of benzene rings is 1. The van der Waals surface area contributed by atoms with Crippen LogP contribution in [0.5, 0.6) is 11.5 Å². The Morgan fingerprint density at radius 1 is 1.38 bits per heavy atom. The number of rotatable bonds is 5. The third-order valence-electron chi connectivity index (χ3n) is 4.86. The molecule has 1 fully saturated rings. The number of carbonyl (C=O) groups is 2. The maximum absolute atomic E-state index is 12.7. The van der Waals surface area contributed by atoms with Crippen molar-refractivity contribution in [1.29, 1.82) is 0 Å². The molecule has 130 valence electrons. The van der Waals surface area contributed by atoms with Crippen molar-refractivity contribution in [3.63, 3.8) is 0 Å². The number of hydrogen-bond acceptors (Lipinski definition) is 4. The van der Waals surface area contributed by atoms with Crippen LogP contribution in [0.15, 0.2) is 18.2 Å². The third-order valence-corrected chi connectivity index (χ3v) is 4.86. The second-order valence-corrected chi connectivity index (χ2v) is 6.53. The Labute approximate surface area is 142 Å². The van der Waals surface area contributed by atoms with Gasteiger partial charge in [-0.05, 0) is 25.5 Å². The van der Waals surface area contributed by atoms with E-state index in [4.69, 9.17) is 9.47 Å². The predicted molar refractivity (Wildman–Crippen MR) is 90.2 cm³/mol. The minimum Gasteiger partial charge on any atom is -0.454 e. The Balaban J connectivity index is 1.70. The summed E-state index contributed by atoms with van der Waals surface area (Å²) in [6.07, 6.45) is 2.26. The molecule has 0 bridgehead atoms. The minimum absolute atomic E-state index is 0.0243. The molecule has 3 rings (SSSR count). The van der Waals surface area contributed by atoms with Crippen molar-refractivity contribution in [3.05, 3.63) is 18.2 Å². The van der Waals surface area contributed by atoms with Crippen molar-refractivity contribution in [2.24, 2.45) is 5.92 Å². The van der Waals surface area contributed by atoms with Crippen molar-refractivity contribution >= 4 is 17.5 Å². The lowest BCUT2D eigenvalue weighted by Gasteiger charge is -2.27. The molecule has 0 aliphatic carbocycles. The fraction of sp³-hybridized carbons (Fsp3) is 0.556. The highest BCUT2D eigenvalue weighted by Gasteiger charge is 2.37. The molecule has 24 heavy (non-hydrogen) atoms. The van der Waals surface area contributed by atoms with Crippen LogP contribution in [0.1, 0.15) is 33.1 Å². The molecule has 1 aromatic carbocycles. The first-order valence-electron chi connectivity index (χ1n) is 8.48. The van der Waals surface area contributed by atoms with Crippen LogP contribution in [-0.2, 0) is 9.59 Å². The number of ether oxygens (including phenoxy) is 2. The van der Waals surface area contributed by atoms with Gasteiger partial charge in [0.05, 0.1) is 5.92 Å². The summed E-state index contributed by atoms with van der Waals surface area (Å²) in [5, 5.41) is 0. The normalized spacial score (nSPS) is 20.4. The summed E-state index contributed by atoms with van der Waals surface area (Å²) in [5.41, 5.74) is 0.754. The SMILES string of the molecule is CCC[C@H](C)N(C)C(=O)[C@@H]1CC(=O)N(c2ccc3c(c2)OCO3)C1. The number of nitrogens with zero attached hydrogens (tertiary/aromatic N) is 2. The van der Waals surface area contributed by atoms with E-state index >= 15 is 0 Å². The van der Waals surface area contributed by atoms with Gasteiger partial charge in [-0.15, -0.1) is 0 Å². The smallest absolute Gasteiger partial charge is 0.231 e. The van der Waals surface area contributed by atoms with Crippen LogP contribution in [0.2, 0.25) is 0 Å². The van der Waals surface area contributed by atoms with Gasteiger partial charge in [0.25, 0.3) is 0 Å². The second-order valence-electron chi connectivity index (χ2n) is 6.53. The molecule has 0 saturated carbocycles. The number of fused-ring (bicyclic) bond motifs is 1. The highest BCUT2D eigenvalue weighted by molar-refractivity contribution is 6.00. The van der Waals surface area contributed by atoms with Gasteiger partial charge in [0.1, 0.15) is 0 Å². The Morgan fingerprint density at radius 2 is 2.12 bits per heavy atom. The van der Waals surface area contributed by atoms with Crippen LogP contribution in [0.3, 0.4) is 0 Å². The van der Waals surface area contributed by atoms with Crippen molar-refractivity contribution in [3.8, 4) is 11.5 Å². The van der Waals surface area contributed by atoms with E-state index in [2.05, 4.69) is 6.92 Å². The van der Waals surface area contributed by atoms with E-state index in [0.29, 0.717) is 18.0 Å². The van der Waals surface area contributed by atoms with Gasteiger partial charge in [0.2, 0.25) is 18.6 Å². The van der Waals surface area contributed by atoms with E-state index in [1.165, 1.54) is 0 Å². The molecular weight excluding hydrogens is 308 g/mol. The van der Waals surface area contributed by atoms with Gasteiger partial charge in [-0.3, -0.25) is 9.59 Å². The van der Waals surface area contributed by atoms with Crippen LogP contribution in [-0.4, -0.2) is 43.1 Å². The van der Waals surface area contributed by atoms with E-state index in [1.54, 1.807) is 21.9 Å². The summed E-state index contributed by atoms with van der Waals surface area (Å²) in [6, 6.07) is 5.63. The summed E-state index contributed by atoms with van der Waals surface area (Å²) >= 11 is 0. The first-order chi connectivity index (χ1) is 11.5. The van der Waals surface area contributed by atoms with Crippen LogP contribution < -0.4 is 14.4 Å². The zero-order valence-electron chi connectivity index (χ0n) is 14.4. The molecule has 2 amide bonds. The Hall–Kier alpha value is -2.24. The number of carbonyl (C=O) groups excluding carboxylic acids is 2. The molecule has 0 spiro atoms. The molecule has 1 saturated heterocycles. The van der Waals surface area contributed by atoms with E-state index in [1.807, 2.05) is 20.0 Å². The van der Waals surface area contributed by atoms with E-state index in [9.17, 15) is 9.59 Å². The molecule has 6 nitrogen and oxygen atoms in total. The second kappa shape index (κ2) is 6.71. The largest absolute Gasteiger partial charge is 0.454 e. The molecule has 1 aromatic rings. The lowest BCUT2D eigenvalue weighted by molar-refractivity contribution is -0.136. The monoisotopic (exact) mass is 332 g/mol. The first kappa shape index (κ1) is 16.6. The number of amides is 2. The zero-order chi connectivity index (χ0) is 17.3. The summed E-state index contributed by atoms with van der Waals surface area (Å²) < 4.78 is 10.7. The summed E-state index contributed by atoms with van der Waals surface area (Å²) in [5.74, 6) is 1.07. The number of hydrogen-bond donors (Lipinski definition) is 0. The molecular formula is C18H24N2O4. The Kier molecular flexibility index (Phi) is 4.64. The van der Waals surface area contributed by atoms with Crippen LogP contribution in [0.4, 0.5) is 5.69 Å². The van der Waals surface area contributed by atoms with Gasteiger partial charge in [0.15, 0.2) is 11.5 Å². The van der Waals surface area contributed by atoms with Gasteiger partial charge in [0, 0.05) is 37.8 Å². The quantitative estimate of drug-likeness (QED) is 0.831. The minimum atomic E-state index is -0.285. The topological polar surface area (TPSA) is 59.1 Å². The van der Waals surface area contributed by atoms with Gasteiger partial charge < -0.3 is 19.3 Å².